The molecule has 0 bridgehead atoms. The van der Waals surface area contributed by atoms with Gasteiger partial charge in [-0.2, -0.15) is 0 Å². The molecule has 0 aliphatic rings. The molecule has 0 saturated heterocycles. The molecule has 0 saturated carbocycles. The van der Waals surface area contributed by atoms with Crippen LogP contribution in [-0.4, -0.2) is 45.6 Å². The summed E-state index contributed by atoms with van der Waals surface area (Å²) >= 11 is 0. The molecule has 0 aromatic heterocycles. The van der Waals surface area contributed by atoms with E-state index < -0.39 is 0 Å². The topological polar surface area (TPSA) is 0 Å². The van der Waals surface area contributed by atoms with Gasteiger partial charge in [-0.1, -0.05) is 0 Å². The Morgan fingerprint density at radius 2 is 0.571 bits per heavy atom. The third-order valence-electron chi connectivity index (χ3n) is 0. The minimum absolute atomic E-state index is 0. The molecule has 7 heteroatoms. The molecule has 0 fully saturated rings. The maximum Gasteiger partial charge on any atom is 3.00 e. The Bertz CT molecular complexity index is 11.7. The molecule has 0 aromatic rings. The van der Waals surface area contributed by atoms with E-state index in [1.807, 2.05) is 0 Å². The smallest absolute Gasteiger partial charge is 2.00 e. The van der Waals surface area contributed by atoms with Crippen molar-refractivity contribution in [3.05, 3.63) is 0 Å². The molecule has 0 unspecified atom stereocenters. The van der Waals surface area contributed by atoms with Crippen LogP contribution in [0.5, 0.6) is 0 Å². The zero-order valence-corrected chi connectivity index (χ0v) is 16.5. The fourth-order valence-corrected chi connectivity index (χ4v) is 0. The van der Waals surface area contributed by atoms with Crippen LogP contribution in [-0.2, 0) is 81.3 Å². The van der Waals surface area contributed by atoms with Crippen LogP contribution in [0.2, 0.25) is 0 Å². The summed E-state index contributed by atoms with van der Waals surface area (Å²) < 4.78 is 0. The molecular weight excluding hydrogens is 425 g/mol. The standard InChI is InChI=1S/Cd.Ga.In.4S/q+2;2*+3;4*-2. The Labute approximate surface area is 125 Å². The van der Waals surface area contributed by atoms with Gasteiger partial charge in [-0.3, -0.25) is 0 Å². The second kappa shape index (κ2) is 52.3. The van der Waals surface area contributed by atoms with E-state index in [-0.39, 0.29) is 127 Å². The molecule has 0 atom stereocenters. The molecule has 7 heavy (non-hydrogen) atoms. The third kappa shape index (κ3) is 41.1. The quantitative estimate of drug-likeness (QED) is 0.448. The Morgan fingerprint density at radius 1 is 0.571 bits per heavy atom. The summed E-state index contributed by atoms with van der Waals surface area (Å²) in [5.41, 5.74) is 0. The van der Waals surface area contributed by atoms with Gasteiger partial charge in [0.25, 0.3) is 0 Å². The van der Waals surface area contributed by atoms with Gasteiger partial charge in [-0.05, 0) is 0 Å². The van der Waals surface area contributed by atoms with Gasteiger partial charge in [0, 0.05) is 0 Å². The van der Waals surface area contributed by atoms with Crippen molar-refractivity contribution in [1.82, 2.24) is 0 Å². The van der Waals surface area contributed by atoms with Crippen molar-refractivity contribution in [3.8, 4) is 0 Å². The molecule has 0 aliphatic carbocycles. The van der Waals surface area contributed by atoms with Crippen LogP contribution in [0.25, 0.3) is 0 Å². The van der Waals surface area contributed by atoms with Crippen LogP contribution >= 0.6 is 0 Å². The summed E-state index contributed by atoms with van der Waals surface area (Å²) in [5.74, 6) is 0. The van der Waals surface area contributed by atoms with Gasteiger partial charge in [0.05, 0.1) is 0 Å². The fourth-order valence-electron chi connectivity index (χ4n) is 0. The van der Waals surface area contributed by atoms with Crippen LogP contribution in [0.15, 0.2) is 0 Å². The van der Waals surface area contributed by atoms with Gasteiger partial charge in [-0.25, -0.2) is 0 Å². The van der Waals surface area contributed by atoms with E-state index in [1.165, 1.54) is 0 Å². The van der Waals surface area contributed by atoms with Gasteiger partial charge < -0.3 is 54.0 Å². The summed E-state index contributed by atoms with van der Waals surface area (Å²) in [4.78, 5) is 0. The van der Waals surface area contributed by atoms with Crippen LogP contribution < -0.4 is 0 Å². The first-order chi connectivity index (χ1) is 0. The van der Waals surface area contributed by atoms with Gasteiger partial charge in [0.2, 0.25) is 0 Å². The molecule has 0 aromatic carbocycles. The Hall–Kier alpha value is 3.83. The van der Waals surface area contributed by atoms with Crippen molar-refractivity contribution in [3.63, 3.8) is 0 Å². The van der Waals surface area contributed by atoms with Crippen molar-refractivity contribution < 1.29 is 27.3 Å². The SMILES string of the molecule is [Cd+2].[Ga+3].[In+3].[S-2].[S-2].[S-2].[S-2]. The van der Waals surface area contributed by atoms with Crippen LogP contribution in [0.4, 0.5) is 0 Å². The summed E-state index contributed by atoms with van der Waals surface area (Å²) in [6, 6.07) is 0. The first kappa shape index (κ1) is 71.4. The molecule has 0 heterocycles. The van der Waals surface area contributed by atoms with Crippen LogP contribution in [0.3, 0.4) is 0 Å². The van der Waals surface area contributed by atoms with Gasteiger partial charge in [-0.15, -0.1) is 0 Å². The van der Waals surface area contributed by atoms with E-state index in [2.05, 4.69) is 0 Å². The molecule has 0 nitrogen and oxygen atoms in total. The van der Waals surface area contributed by atoms with Crippen molar-refractivity contribution >= 4 is 99.6 Å². The Morgan fingerprint density at radius 3 is 0.571 bits per heavy atom. The Balaban J connectivity index is 0. The summed E-state index contributed by atoms with van der Waals surface area (Å²) in [5, 5.41) is 0. The molecule has 0 rings (SSSR count). The van der Waals surface area contributed by atoms with E-state index in [9.17, 15) is 0 Å². The molecule has 0 spiro atoms. The molecular formula is CdGaInS4. The van der Waals surface area contributed by atoms with Crippen molar-refractivity contribution in [2.75, 3.05) is 0 Å². The number of hydrogen-bond donors (Lipinski definition) is 0. The number of rotatable bonds is 0. The Kier molecular flexibility index (Phi) is 533. The maximum absolute atomic E-state index is 0. The van der Waals surface area contributed by atoms with Crippen molar-refractivity contribution in [1.29, 1.82) is 0 Å². The van der Waals surface area contributed by atoms with E-state index in [1.54, 1.807) is 0 Å². The predicted molar refractivity (Wildman–Crippen MR) is 41.0 cm³/mol. The van der Waals surface area contributed by atoms with Crippen molar-refractivity contribution in [2.24, 2.45) is 0 Å². The first-order valence-electron chi connectivity index (χ1n) is 0. The second-order valence-electron chi connectivity index (χ2n) is 0. The monoisotopic (exact) mass is 426 g/mol. The summed E-state index contributed by atoms with van der Waals surface area (Å²) in [6.45, 7) is 0. The van der Waals surface area contributed by atoms with Crippen LogP contribution in [0.1, 0.15) is 0 Å². The van der Waals surface area contributed by atoms with Gasteiger partial charge in [0.15, 0.2) is 0 Å². The molecule has 0 radical (unpaired) electrons. The average Bonchev–Trinajstić information content (AvgIpc) is 0. The zero-order valence-electron chi connectivity index (χ0n) is 3.49. The van der Waals surface area contributed by atoms with Crippen molar-refractivity contribution in [2.45, 2.75) is 0 Å². The van der Waals surface area contributed by atoms with E-state index in [0.717, 1.165) is 0 Å². The van der Waals surface area contributed by atoms with Gasteiger partial charge in [0.1, 0.15) is 0 Å². The minimum Gasteiger partial charge on any atom is -2.00 e. The zero-order chi connectivity index (χ0) is 0. The largest absolute Gasteiger partial charge is 3.00 e. The molecule has 0 aliphatic heterocycles. The molecule has 32 valence electrons. The predicted octanol–water partition coefficient (Wildman–Crippen LogP) is -0.774. The van der Waals surface area contributed by atoms with Gasteiger partial charge >= 0.3 is 72.9 Å². The summed E-state index contributed by atoms with van der Waals surface area (Å²) in [7, 11) is 0. The normalized spacial score (nSPS) is 0. The number of hydrogen-bond acceptors (Lipinski definition) is 0. The second-order valence-corrected chi connectivity index (χ2v) is 0. The molecule has 0 amide bonds. The van der Waals surface area contributed by atoms with E-state index in [4.69, 9.17) is 0 Å². The maximum atomic E-state index is 0. The molecule has 0 N–H and O–H groups in total. The van der Waals surface area contributed by atoms with E-state index in [0.29, 0.717) is 0 Å². The average molecular weight is 425 g/mol. The minimum atomic E-state index is 0. The van der Waals surface area contributed by atoms with Crippen LogP contribution in [0, 0.1) is 0 Å². The third-order valence-corrected chi connectivity index (χ3v) is 0. The first-order valence-corrected chi connectivity index (χ1v) is 0. The summed E-state index contributed by atoms with van der Waals surface area (Å²) in [6.07, 6.45) is 0. The van der Waals surface area contributed by atoms with E-state index >= 15 is 0 Å². The fraction of sp³-hybridized carbons (Fsp3) is 0.